The summed E-state index contributed by atoms with van der Waals surface area (Å²) in [4.78, 5) is 11.7. The average molecular weight is 359 g/mol. The molecule has 136 valence electrons. The Morgan fingerprint density at radius 1 is 1.31 bits per heavy atom. The van der Waals surface area contributed by atoms with Crippen LogP contribution >= 0.6 is 0 Å². The van der Waals surface area contributed by atoms with Crippen LogP contribution in [0, 0.1) is 17.0 Å². The van der Waals surface area contributed by atoms with Gasteiger partial charge in [-0.3, -0.25) is 4.79 Å². The summed E-state index contributed by atoms with van der Waals surface area (Å²) in [6.45, 7) is 1.44. The van der Waals surface area contributed by atoms with Crippen molar-refractivity contribution in [3.63, 3.8) is 0 Å². The zero-order valence-electron chi connectivity index (χ0n) is 14.1. The number of rotatable bonds is 6. The number of nitrogens with two attached hydrogens (primary N) is 1. The second kappa shape index (κ2) is 8.35. The van der Waals surface area contributed by atoms with Crippen molar-refractivity contribution in [1.29, 1.82) is 5.41 Å². The molecule has 7 heteroatoms. The van der Waals surface area contributed by atoms with E-state index < -0.39 is 17.8 Å². The van der Waals surface area contributed by atoms with Crippen LogP contribution < -0.4 is 11.1 Å². The standard InChI is InChI=1S/C19H19F2N3O2/c1-11(25)8-19(26)24-18-9-14(17(23)10-15(18)21)16(22)7-4-12-2-5-13(20)6-3-12/h2-7,9-11,22,25H,8,23H2,1H3,(H,24,26)/b7-4+,22-16?. The van der Waals surface area contributed by atoms with Gasteiger partial charge in [0.2, 0.25) is 5.91 Å². The fraction of sp³-hybridized carbons (Fsp3) is 0.158. The summed E-state index contributed by atoms with van der Waals surface area (Å²) in [6.07, 6.45) is 2.00. The summed E-state index contributed by atoms with van der Waals surface area (Å²) in [6, 6.07) is 7.98. The lowest BCUT2D eigenvalue weighted by Gasteiger charge is -2.11. The molecule has 0 aliphatic carbocycles. The van der Waals surface area contributed by atoms with Crippen LogP contribution in [0.1, 0.15) is 24.5 Å². The van der Waals surface area contributed by atoms with Crippen molar-refractivity contribution in [2.24, 2.45) is 0 Å². The lowest BCUT2D eigenvalue weighted by atomic mass is 10.0. The van der Waals surface area contributed by atoms with E-state index in [1.54, 1.807) is 18.2 Å². The molecule has 1 atom stereocenters. The van der Waals surface area contributed by atoms with Crippen molar-refractivity contribution in [1.82, 2.24) is 0 Å². The van der Waals surface area contributed by atoms with E-state index in [0.717, 1.165) is 6.07 Å². The number of amides is 1. The number of allylic oxidation sites excluding steroid dienone is 1. The number of hydrogen-bond acceptors (Lipinski definition) is 4. The number of hydrogen-bond donors (Lipinski definition) is 4. The third-order valence-corrected chi connectivity index (χ3v) is 3.50. The number of carbonyl (C=O) groups excluding carboxylic acids is 1. The third-order valence-electron chi connectivity index (χ3n) is 3.50. The first-order chi connectivity index (χ1) is 12.3. The number of aliphatic hydroxyl groups excluding tert-OH is 1. The highest BCUT2D eigenvalue weighted by Crippen LogP contribution is 2.23. The molecule has 5 nitrogen and oxygen atoms in total. The molecule has 0 aromatic heterocycles. The predicted octanol–water partition coefficient (Wildman–Crippen LogP) is 3.34. The van der Waals surface area contributed by atoms with E-state index in [2.05, 4.69) is 5.32 Å². The van der Waals surface area contributed by atoms with E-state index in [-0.39, 0.29) is 34.9 Å². The molecule has 0 aliphatic rings. The maximum Gasteiger partial charge on any atom is 0.227 e. The van der Waals surface area contributed by atoms with Crippen LogP contribution in [0.2, 0.25) is 0 Å². The van der Waals surface area contributed by atoms with Crippen LogP contribution in [-0.4, -0.2) is 22.8 Å². The van der Waals surface area contributed by atoms with Crippen molar-refractivity contribution in [3.05, 3.63) is 65.2 Å². The van der Waals surface area contributed by atoms with Crippen LogP contribution in [0.25, 0.3) is 6.08 Å². The minimum Gasteiger partial charge on any atom is -0.398 e. The van der Waals surface area contributed by atoms with E-state index in [4.69, 9.17) is 11.1 Å². The molecule has 26 heavy (non-hydrogen) atoms. The van der Waals surface area contributed by atoms with Gasteiger partial charge in [0.15, 0.2) is 0 Å². The van der Waals surface area contributed by atoms with Crippen LogP contribution in [0.4, 0.5) is 20.2 Å². The molecule has 5 N–H and O–H groups in total. The van der Waals surface area contributed by atoms with Crippen molar-refractivity contribution in [3.8, 4) is 0 Å². The summed E-state index contributed by atoms with van der Waals surface area (Å²) in [5, 5.41) is 19.7. The summed E-state index contributed by atoms with van der Waals surface area (Å²) in [5.74, 6) is -1.65. The van der Waals surface area contributed by atoms with Gasteiger partial charge in [0.05, 0.1) is 23.9 Å². The Morgan fingerprint density at radius 2 is 1.96 bits per heavy atom. The monoisotopic (exact) mass is 359 g/mol. The Hall–Kier alpha value is -3.06. The minimum atomic E-state index is -0.858. The summed E-state index contributed by atoms with van der Waals surface area (Å²) in [7, 11) is 0. The molecule has 0 radical (unpaired) electrons. The quantitative estimate of drug-likeness (QED) is 0.470. The predicted molar refractivity (Wildman–Crippen MR) is 98.0 cm³/mol. The van der Waals surface area contributed by atoms with Crippen molar-refractivity contribution in [2.45, 2.75) is 19.4 Å². The first-order valence-corrected chi connectivity index (χ1v) is 7.85. The van der Waals surface area contributed by atoms with E-state index in [9.17, 15) is 18.7 Å². The Balaban J connectivity index is 2.22. The first-order valence-electron chi connectivity index (χ1n) is 7.85. The number of nitrogen functional groups attached to an aromatic ring is 1. The second-order valence-electron chi connectivity index (χ2n) is 5.82. The van der Waals surface area contributed by atoms with Crippen molar-refractivity contribution in [2.75, 3.05) is 11.1 Å². The van der Waals surface area contributed by atoms with Gasteiger partial charge >= 0.3 is 0 Å². The molecular formula is C19H19F2N3O2. The first kappa shape index (κ1) is 19.3. The van der Waals surface area contributed by atoms with Crippen LogP contribution in [0.15, 0.2) is 42.5 Å². The lowest BCUT2D eigenvalue weighted by molar-refractivity contribution is -0.117. The molecule has 0 saturated carbocycles. The van der Waals surface area contributed by atoms with Gasteiger partial charge in [-0.2, -0.15) is 0 Å². The maximum absolute atomic E-state index is 14.0. The Bertz CT molecular complexity index is 847. The summed E-state index contributed by atoms with van der Waals surface area (Å²) in [5.41, 5.74) is 6.61. The largest absolute Gasteiger partial charge is 0.398 e. The molecule has 0 saturated heterocycles. The number of carbonyl (C=O) groups is 1. The molecule has 1 unspecified atom stereocenters. The Kier molecular flexibility index (Phi) is 6.19. The topological polar surface area (TPSA) is 99.2 Å². The van der Waals surface area contributed by atoms with Gasteiger partial charge in [-0.05, 0) is 42.8 Å². The van der Waals surface area contributed by atoms with Crippen LogP contribution in [-0.2, 0) is 4.79 Å². The molecule has 0 aliphatic heterocycles. The molecule has 2 rings (SSSR count). The maximum atomic E-state index is 14.0. The minimum absolute atomic E-state index is 0.00199. The third kappa shape index (κ3) is 5.22. The number of halogens is 2. The van der Waals surface area contributed by atoms with E-state index in [0.29, 0.717) is 5.56 Å². The highest BCUT2D eigenvalue weighted by Gasteiger charge is 2.14. The highest BCUT2D eigenvalue weighted by molar-refractivity contribution is 6.12. The molecule has 0 fully saturated rings. The average Bonchev–Trinajstić information content (AvgIpc) is 2.55. The molecule has 2 aromatic carbocycles. The normalized spacial score (nSPS) is 12.2. The lowest BCUT2D eigenvalue weighted by Crippen LogP contribution is -2.18. The molecular weight excluding hydrogens is 340 g/mol. The molecule has 0 heterocycles. The summed E-state index contributed by atoms with van der Waals surface area (Å²) >= 11 is 0. The molecule has 1 amide bonds. The number of nitrogens with one attached hydrogen (secondary N) is 2. The van der Waals surface area contributed by atoms with Gasteiger partial charge < -0.3 is 21.6 Å². The zero-order valence-corrected chi connectivity index (χ0v) is 14.1. The highest BCUT2D eigenvalue weighted by atomic mass is 19.1. The van der Waals surface area contributed by atoms with E-state index in [1.165, 1.54) is 31.2 Å². The molecule has 0 spiro atoms. The Morgan fingerprint density at radius 3 is 2.58 bits per heavy atom. The van der Waals surface area contributed by atoms with Crippen molar-refractivity contribution >= 4 is 29.1 Å². The van der Waals surface area contributed by atoms with Crippen molar-refractivity contribution < 1.29 is 18.7 Å². The van der Waals surface area contributed by atoms with Crippen LogP contribution in [0.3, 0.4) is 0 Å². The number of anilines is 2. The number of aliphatic hydroxyl groups is 1. The van der Waals surface area contributed by atoms with Gasteiger partial charge in [0.25, 0.3) is 0 Å². The Labute approximate surface area is 149 Å². The summed E-state index contributed by atoms with van der Waals surface area (Å²) < 4.78 is 26.9. The smallest absolute Gasteiger partial charge is 0.227 e. The zero-order chi connectivity index (χ0) is 19.3. The van der Waals surface area contributed by atoms with Gasteiger partial charge in [-0.15, -0.1) is 0 Å². The van der Waals surface area contributed by atoms with Gasteiger partial charge in [0.1, 0.15) is 11.6 Å². The van der Waals surface area contributed by atoms with E-state index in [1.807, 2.05) is 0 Å². The van der Waals surface area contributed by atoms with Crippen LogP contribution in [0.5, 0.6) is 0 Å². The van der Waals surface area contributed by atoms with E-state index >= 15 is 0 Å². The fourth-order valence-corrected chi connectivity index (χ4v) is 2.23. The fourth-order valence-electron chi connectivity index (χ4n) is 2.23. The molecule has 2 aromatic rings. The SMILES string of the molecule is CC(O)CC(=O)Nc1cc(C(=N)/C=C/c2ccc(F)cc2)c(N)cc1F. The van der Waals surface area contributed by atoms with Gasteiger partial charge in [0, 0.05) is 11.3 Å². The molecule has 0 bridgehead atoms. The second-order valence-corrected chi connectivity index (χ2v) is 5.82. The van der Waals surface area contributed by atoms with Gasteiger partial charge in [-0.1, -0.05) is 18.2 Å². The number of benzene rings is 2. The van der Waals surface area contributed by atoms with Gasteiger partial charge in [-0.25, -0.2) is 8.78 Å².